The number of benzene rings is 2. The fraction of sp³-hybridized carbons (Fsp3) is 0.417. The number of nitrogens with zero attached hydrogens (tertiary/aromatic N) is 1. The zero-order chi connectivity index (χ0) is 21.7. The number of thioether (sulfide) groups is 1. The van der Waals surface area contributed by atoms with Gasteiger partial charge in [0, 0.05) is 11.6 Å². The molecular weight excluding hydrogens is 399 g/mol. The van der Waals surface area contributed by atoms with Gasteiger partial charge in [-0.25, -0.2) is 4.39 Å². The van der Waals surface area contributed by atoms with E-state index in [-0.39, 0.29) is 23.1 Å². The monoisotopic (exact) mass is 428 g/mol. The molecule has 0 aromatic heterocycles. The zero-order valence-electron chi connectivity index (χ0n) is 17.8. The highest BCUT2D eigenvalue weighted by molar-refractivity contribution is 8.00. The maximum absolute atomic E-state index is 14.5. The van der Waals surface area contributed by atoms with Crippen LogP contribution in [0.1, 0.15) is 56.0 Å². The molecule has 30 heavy (non-hydrogen) atoms. The summed E-state index contributed by atoms with van der Waals surface area (Å²) in [5, 5.41) is 2.70. The number of aryl methyl sites for hydroxylation is 1. The molecule has 1 heterocycles. The molecular formula is C24H29FN2O2S. The van der Waals surface area contributed by atoms with E-state index in [1.165, 1.54) is 22.7 Å². The third-order valence-electron chi connectivity index (χ3n) is 5.44. The summed E-state index contributed by atoms with van der Waals surface area (Å²) in [5.41, 5.74) is 2.77. The minimum Gasteiger partial charge on any atom is -0.326 e. The minimum absolute atomic E-state index is 0.00562. The Morgan fingerprint density at radius 1 is 1.27 bits per heavy atom. The summed E-state index contributed by atoms with van der Waals surface area (Å²) in [7, 11) is 0. The van der Waals surface area contributed by atoms with Crippen LogP contribution in [0.2, 0.25) is 0 Å². The number of rotatable bonds is 8. The molecule has 1 aliphatic heterocycles. The van der Waals surface area contributed by atoms with Crippen molar-refractivity contribution < 1.29 is 14.0 Å². The quantitative estimate of drug-likeness (QED) is 0.555. The number of amides is 2. The van der Waals surface area contributed by atoms with Gasteiger partial charge in [0.1, 0.15) is 11.2 Å². The van der Waals surface area contributed by atoms with Gasteiger partial charge in [-0.1, -0.05) is 44.9 Å². The number of hydrogen-bond donors (Lipinski definition) is 1. The first-order chi connectivity index (χ1) is 14.4. The lowest BCUT2D eigenvalue weighted by molar-refractivity contribution is -0.120. The average Bonchev–Trinajstić information content (AvgIpc) is 3.12. The number of unbranched alkanes of at least 4 members (excludes halogenated alkanes) is 1. The summed E-state index contributed by atoms with van der Waals surface area (Å²) in [4.78, 5) is 26.8. The lowest BCUT2D eigenvalue weighted by Gasteiger charge is -2.25. The number of nitrogens with one attached hydrogen (secondary N) is 1. The van der Waals surface area contributed by atoms with Crippen molar-refractivity contribution in [3.8, 4) is 0 Å². The second kappa shape index (κ2) is 10.1. The maximum atomic E-state index is 14.5. The number of anilines is 2. The molecule has 0 saturated carbocycles. The van der Waals surface area contributed by atoms with Crippen LogP contribution in [0.5, 0.6) is 0 Å². The topological polar surface area (TPSA) is 49.4 Å². The normalized spacial score (nSPS) is 17.3. The predicted molar refractivity (Wildman–Crippen MR) is 122 cm³/mol. The first kappa shape index (κ1) is 22.3. The average molecular weight is 429 g/mol. The Morgan fingerprint density at radius 2 is 2.07 bits per heavy atom. The molecule has 4 nitrogen and oxygen atoms in total. The molecule has 0 bridgehead atoms. The first-order valence-electron chi connectivity index (χ1n) is 10.5. The largest absolute Gasteiger partial charge is 0.326 e. The SMILES string of the molecule is CCCC[C@H](CC)C(=O)Nc1cccc([C@H]2SCC(=O)N2c2cc(C)ccc2F)c1. The van der Waals surface area contributed by atoms with E-state index in [9.17, 15) is 14.0 Å². The van der Waals surface area contributed by atoms with Gasteiger partial charge < -0.3 is 5.32 Å². The third kappa shape index (κ3) is 5.04. The first-order valence-corrected chi connectivity index (χ1v) is 11.6. The number of carbonyl (C=O) groups is 2. The van der Waals surface area contributed by atoms with E-state index >= 15 is 0 Å². The Bertz CT molecular complexity index is 918. The van der Waals surface area contributed by atoms with Gasteiger partial charge >= 0.3 is 0 Å². The van der Waals surface area contributed by atoms with E-state index in [1.807, 2.05) is 38.1 Å². The van der Waals surface area contributed by atoms with Crippen LogP contribution in [-0.4, -0.2) is 17.6 Å². The summed E-state index contributed by atoms with van der Waals surface area (Å²) in [6, 6.07) is 12.3. The van der Waals surface area contributed by atoms with E-state index in [0.29, 0.717) is 17.1 Å². The summed E-state index contributed by atoms with van der Waals surface area (Å²) in [6.45, 7) is 6.04. The van der Waals surface area contributed by atoms with Gasteiger partial charge in [-0.05, 0) is 55.2 Å². The lowest BCUT2D eigenvalue weighted by atomic mass is 9.98. The molecule has 1 fully saturated rings. The lowest BCUT2D eigenvalue weighted by Crippen LogP contribution is -2.29. The van der Waals surface area contributed by atoms with Gasteiger partial charge in [-0.15, -0.1) is 11.8 Å². The van der Waals surface area contributed by atoms with E-state index in [4.69, 9.17) is 0 Å². The van der Waals surface area contributed by atoms with Crippen LogP contribution in [0.4, 0.5) is 15.8 Å². The van der Waals surface area contributed by atoms with Crippen LogP contribution >= 0.6 is 11.8 Å². The summed E-state index contributed by atoms with van der Waals surface area (Å²) >= 11 is 1.47. The highest BCUT2D eigenvalue weighted by Crippen LogP contribution is 2.43. The summed E-state index contributed by atoms with van der Waals surface area (Å²) in [5.74, 6) is -0.209. The van der Waals surface area contributed by atoms with Crippen molar-refractivity contribution in [2.45, 2.75) is 51.8 Å². The standard InChI is InChI=1S/C24H29FN2O2S/c1-4-6-8-17(5-2)23(29)26-19-10-7-9-18(14-19)24-27(22(28)15-30-24)21-13-16(3)11-12-20(21)25/h7,9-14,17,24H,4-6,8,15H2,1-3H3,(H,26,29)/t17-,24+/m0/s1. The maximum Gasteiger partial charge on any atom is 0.238 e. The van der Waals surface area contributed by atoms with Crippen LogP contribution in [0.25, 0.3) is 0 Å². The molecule has 2 aromatic rings. The summed E-state index contributed by atoms with van der Waals surface area (Å²) in [6.07, 6.45) is 3.78. The smallest absolute Gasteiger partial charge is 0.238 e. The molecule has 2 amide bonds. The predicted octanol–water partition coefficient (Wildman–Crippen LogP) is 6.07. The molecule has 6 heteroatoms. The van der Waals surface area contributed by atoms with Crippen LogP contribution in [0.15, 0.2) is 42.5 Å². The van der Waals surface area contributed by atoms with Crippen molar-refractivity contribution >= 4 is 35.0 Å². The van der Waals surface area contributed by atoms with Crippen LogP contribution in [0, 0.1) is 18.7 Å². The van der Waals surface area contributed by atoms with Crippen molar-refractivity contribution in [1.29, 1.82) is 0 Å². The van der Waals surface area contributed by atoms with E-state index < -0.39 is 5.82 Å². The van der Waals surface area contributed by atoms with E-state index in [0.717, 1.165) is 36.8 Å². The number of halogens is 1. The second-order valence-corrected chi connectivity index (χ2v) is 8.81. The fourth-order valence-corrected chi connectivity index (χ4v) is 4.88. The Kier molecular flexibility index (Phi) is 7.53. The Hall–Kier alpha value is -2.34. The van der Waals surface area contributed by atoms with Gasteiger partial charge in [-0.3, -0.25) is 14.5 Å². The Morgan fingerprint density at radius 3 is 2.80 bits per heavy atom. The molecule has 0 aliphatic carbocycles. The van der Waals surface area contributed by atoms with E-state index in [1.54, 1.807) is 12.1 Å². The number of hydrogen-bond acceptors (Lipinski definition) is 3. The minimum atomic E-state index is -0.410. The molecule has 0 radical (unpaired) electrons. The van der Waals surface area contributed by atoms with Crippen molar-refractivity contribution in [1.82, 2.24) is 0 Å². The van der Waals surface area contributed by atoms with Crippen LogP contribution in [-0.2, 0) is 9.59 Å². The molecule has 1 saturated heterocycles. The molecule has 160 valence electrons. The van der Waals surface area contributed by atoms with Crippen LogP contribution < -0.4 is 10.2 Å². The van der Waals surface area contributed by atoms with Crippen molar-refractivity contribution in [3.63, 3.8) is 0 Å². The molecule has 0 spiro atoms. The second-order valence-electron chi connectivity index (χ2n) is 7.74. The Balaban J connectivity index is 1.83. The molecule has 2 atom stereocenters. The zero-order valence-corrected chi connectivity index (χ0v) is 18.6. The fourth-order valence-electron chi connectivity index (χ4n) is 3.72. The van der Waals surface area contributed by atoms with Crippen molar-refractivity contribution in [2.75, 3.05) is 16.0 Å². The highest BCUT2D eigenvalue weighted by Gasteiger charge is 2.35. The van der Waals surface area contributed by atoms with Gasteiger partial charge in [0.25, 0.3) is 0 Å². The molecule has 2 aromatic carbocycles. The highest BCUT2D eigenvalue weighted by atomic mass is 32.2. The molecule has 3 rings (SSSR count). The van der Waals surface area contributed by atoms with Crippen molar-refractivity contribution in [3.05, 3.63) is 59.4 Å². The van der Waals surface area contributed by atoms with Crippen LogP contribution in [0.3, 0.4) is 0 Å². The molecule has 1 N–H and O–H groups in total. The van der Waals surface area contributed by atoms with Gasteiger partial charge in [0.15, 0.2) is 0 Å². The summed E-state index contributed by atoms with van der Waals surface area (Å²) < 4.78 is 14.5. The van der Waals surface area contributed by atoms with Gasteiger partial charge in [0.2, 0.25) is 11.8 Å². The number of carbonyl (C=O) groups excluding carboxylic acids is 2. The molecule has 1 aliphatic rings. The Labute approximate surface area is 182 Å². The molecule has 0 unspecified atom stereocenters. The van der Waals surface area contributed by atoms with Crippen molar-refractivity contribution in [2.24, 2.45) is 5.92 Å². The third-order valence-corrected chi connectivity index (χ3v) is 6.65. The van der Waals surface area contributed by atoms with Gasteiger partial charge in [0.05, 0.1) is 11.4 Å². The van der Waals surface area contributed by atoms with Gasteiger partial charge in [-0.2, -0.15) is 0 Å². The van der Waals surface area contributed by atoms with E-state index in [2.05, 4.69) is 12.2 Å².